The molecule has 0 bridgehead atoms. The molecule has 2 amide bonds. The van der Waals surface area contributed by atoms with Crippen LogP contribution in [0.2, 0.25) is 0 Å². The zero-order valence-electron chi connectivity index (χ0n) is 17.1. The van der Waals surface area contributed by atoms with Crippen molar-refractivity contribution in [1.82, 2.24) is 0 Å². The van der Waals surface area contributed by atoms with E-state index in [1.807, 2.05) is 43.3 Å². The van der Waals surface area contributed by atoms with Gasteiger partial charge in [0.15, 0.2) is 0 Å². The van der Waals surface area contributed by atoms with Gasteiger partial charge < -0.3 is 10.1 Å². The van der Waals surface area contributed by atoms with E-state index in [0.29, 0.717) is 28.4 Å². The summed E-state index contributed by atoms with van der Waals surface area (Å²) >= 11 is 1.49. The SMILES string of the molecule is COc1ccc(C)cc1N1C(=O)CS[C@H]1c1ccccc1NC(=O)c1ccc(F)cc1. The number of nitrogens with one attached hydrogen (secondary N) is 1. The summed E-state index contributed by atoms with van der Waals surface area (Å²) in [7, 11) is 1.58. The summed E-state index contributed by atoms with van der Waals surface area (Å²) in [4.78, 5) is 27.3. The molecule has 0 aromatic heterocycles. The van der Waals surface area contributed by atoms with Crippen LogP contribution in [0.4, 0.5) is 15.8 Å². The minimum atomic E-state index is -0.402. The first-order valence-electron chi connectivity index (χ1n) is 9.72. The van der Waals surface area contributed by atoms with Gasteiger partial charge in [0.2, 0.25) is 5.91 Å². The number of para-hydroxylation sites is 1. The van der Waals surface area contributed by atoms with Crippen LogP contribution in [-0.4, -0.2) is 24.7 Å². The molecule has 0 aliphatic carbocycles. The highest BCUT2D eigenvalue weighted by atomic mass is 32.2. The van der Waals surface area contributed by atoms with Crippen molar-refractivity contribution >= 4 is 35.0 Å². The number of rotatable bonds is 5. The van der Waals surface area contributed by atoms with Gasteiger partial charge in [0.1, 0.15) is 16.9 Å². The zero-order valence-corrected chi connectivity index (χ0v) is 17.9. The lowest BCUT2D eigenvalue weighted by Gasteiger charge is -2.27. The Hall–Kier alpha value is -3.32. The van der Waals surface area contributed by atoms with Crippen molar-refractivity contribution in [3.63, 3.8) is 0 Å². The fourth-order valence-corrected chi connectivity index (χ4v) is 4.73. The largest absolute Gasteiger partial charge is 0.495 e. The van der Waals surface area contributed by atoms with Crippen LogP contribution in [-0.2, 0) is 4.79 Å². The molecular formula is C24H21FN2O3S. The molecule has 1 aliphatic rings. The van der Waals surface area contributed by atoms with E-state index in [4.69, 9.17) is 4.74 Å². The second kappa shape index (κ2) is 8.81. The highest BCUT2D eigenvalue weighted by molar-refractivity contribution is 8.00. The standard InChI is InChI=1S/C24H21FN2O3S/c1-15-7-12-21(30-2)20(13-15)27-22(28)14-31-24(27)18-5-3-4-6-19(18)26-23(29)16-8-10-17(25)11-9-16/h3-13,24H,14H2,1-2H3,(H,26,29)/t24-/m0/s1. The lowest BCUT2D eigenvalue weighted by atomic mass is 10.1. The fourth-order valence-electron chi connectivity index (χ4n) is 3.52. The molecule has 1 saturated heterocycles. The first kappa shape index (κ1) is 20.9. The van der Waals surface area contributed by atoms with E-state index in [2.05, 4.69) is 5.32 Å². The van der Waals surface area contributed by atoms with E-state index in [1.165, 1.54) is 36.0 Å². The van der Waals surface area contributed by atoms with Gasteiger partial charge in [0.05, 0.1) is 18.6 Å². The van der Waals surface area contributed by atoms with E-state index in [1.54, 1.807) is 18.1 Å². The minimum absolute atomic E-state index is 0.0291. The van der Waals surface area contributed by atoms with E-state index in [0.717, 1.165) is 11.1 Å². The first-order chi connectivity index (χ1) is 15.0. The van der Waals surface area contributed by atoms with Gasteiger partial charge in [-0.05, 0) is 55.0 Å². The van der Waals surface area contributed by atoms with Crippen LogP contribution in [0, 0.1) is 12.7 Å². The molecule has 1 atom stereocenters. The van der Waals surface area contributed by atoms with Crippen LogP contribution in [0.25, 0.3) is 0 Å². The molecular weight excluding hydrogens is 415 g/mol. The van der Waals surface area contributed by atoms with Gasteiger partial charge in [0.25, 0.3) is 5.91 Å². The van der Waals surface area contributed by atoms with E-state index in [-0.39, 0.29) is 17.2 Å². The maximum Gasteiger partial charge on any atom is 0.255 e. The van der Waals surface area contributed by atoms with Gasteiger partial charge in [-0.15, -0.1) is 11.8 Å². The fraction of sp³-hybridized carbons (Fsp3) is 0.167. The van der Waals surface area contributed by atoms with Crippen molar-refractivity contribution in [2.75, 3.05) is 23.1 Å². The summed E-state index contributed by atoms with van der Waals surface area (Å²) in [6, 6.07) is 18.5. The number of anilines is 2. The second-order valence-electron chi connectivity index (χ2n) is 7.15. The number of nitrogens with zero attached hydrogens (tertiary/aromatic N) is 1. The van der Waals surface area contributed by atoms with Gasteiger partial charge in [-0.3, -0.25) is 14.5 Å². The van der Waals surface area contributed by atoms with Gasteiger partial charge in [-0.25, -0.2) is 4.39 Å². The summed E-state index contributed by atoms with van der Waals surface area (Å²) in [5.41, 5.74) is 3.46. The van der Waals surface area contributed by atoms with Crippen LogP contribution in [0.5, 0.6) is 5.75 Å². The molecule has 1 aliphatic heterocycles. The normalized spacial score (nSPS) is 15.8. The molecule has 0 unspecified atom stereocenters. The molecule has 0 radical (unpaired) electrons. The molecule has 31 heavy (non-hydrogen) atoms. The zero-order chi connectivity index (χ0) is 22.0. The summed E-state index contributed by atoms with van der Waals surface area (Å²) in [5.74, 6) is 0.155. The Morgan fingerprint density at radius 1 is 1.13 bits per heavy atom. The maximum absolute atomic E-state index is 13.2. The number of benzene rings is 3. The lowest BCUT2D eigenvalue weighted by molar-refractivity contribution is -0.115. The molecule has 1 heterocycles. The number of halogens is 1. The number of carbonyl (C=O) groups excluding carboxylic acids is 2. The Kier molecular flexibility index (Phi) is 5.95. The third-order valence-corrected chi connectivity index (χ3v) is 6.24. The number of hydrogen-bond donors (Lipinski definition) is 1. The smallest absolute Gasteiger partial charge is 0.255 e. The molecule has 0 saturated carbocycles. The Morgan fingerprint density at radius 2 is 1.87 bits per heavy atom. The lowest BCUT2D eigenvalue weighted by Crippen LogP contribution is -2.29. The van der Waals surface area contributed by atoms with Crippen LogP contribution in [0.15, 0.2) is 66.7 Å². The predicted octanol–water partition coefficient (Wildman–Crippen LogP) is 5.17. The Morgan fingerprint density at radius 3 is 2.61 bits per heavy atom. The summed E-state index contributed by atoms with van der Waals surface area (Å²) in [5, 5.41) is 2.58. The molecule has 5 nitrogen and oxygen atoms in total. The Labute approximate surface area is 184 Å². The summed E-state index contributed by atoms with van der Waals surface area (Å²) in [6.45, 7) is 1.96. The summed E-state index contributed by atoms with van der Waals surface area (Å²) in [6.07, 6.45) is 0. The number of carbonyl (C=O) groups is 2. The number of amides is 2. The highest BCUT2D eigenvalue weighted by Crippen LogP contribution is 2.46. The molecule has 7 heteroatoms. The molecule has 0 spiro atoms. The molecule has 3 aromatic carbocycles. The third-order valence-electron chi connectivity index (χ3n) is 5.04. The van der Waals surface area contributed by atoms with Gasteiger partial charge in [-0.2, -0.15) is 0 Å². The van der Waals surface area contributed by atoms with Crippen molar-refractivity contribution in [2.24, 2.45) is 0 Å². The van der Waals surface area contributed by atoms with Crippen LogP contribution >= 0.6 is 11.8 Å². The van der Waals surface area contributed by atoms with E-state index < -0.39 is 5.82 Å². The molecule has 158 valence electrons. The van der Waals surface area contributed by atoms with Crippen molar-refractivity contribution in [3.8, 4) is 5.75 Å². The van der Waals surface area contributed by atoms with Crippen molar-refractivity contribution in [3.05, 3.63) is 89.2 Å². The van der Waals surface area contributed by atoms with Crippen LogP contribution in [0.3, 0.4) is 0 Å². The molecule has 1 N–H and O–H groups in total. The van der Waals surface area contributed by atoms with Gasteiger partial charge in [0, 0.05) is 16.8 Å². The average molecular weight is 437 g/mol. The second-order valence-corrected chi connectivity index (χ2v) is 8.22. The molecule has 3 aromatic rings. The van der Waals surface area contributed by atoms with Crippen molar-refractivity contribution < 1.29 is 18.7 Å². The van der Waals surface area contributed by atoms with E-state index >= 15 is 0 Å². The van der Waals surface area contributed by atoms with Gasteiger partial charge >= 0.3 is 0 Å². The predicted molar refractivity (Wildman–Crippen MR) is 121 cm³/mol. The number of ether oxygens (including phenoxy) is 1. The number of methoxy groups -OCH3 is 1. The average Bonchev–Trinajstić information content (AvgIpc) is 3.15. The molecule has 1 fully saturated rings. The third kappa shape index (κ3) is 4.27. The Bertz CT molecular complexity index is 1130. The van der Waals surface area contributed by atoms with Crippen LogP contribution < -0.4 is 15.0 Å². The number of aryl methyl sites for hydroxylation is 1. The van der Waals surface area contributed by atoms with Gasteiger partial charge in [-0.1, -0.05) is 24.3 Å². The van der Waals surface area contributed by atoms with Crippen molar-refractivity contribution in [2.45, 2.75) is 12.3 Å². The van der Waals surface area contributed by atoms with Crippen molar-refractivity contribution in [1.29, 1.82) is 0 Å². The first-order valence-corrected chi connectivity index (χ1v) is 10.8. The monoisotopic (exact) mass is 436 g/mol. The topological polar surface area (TPSA) is 58.6 Å². The van der Waals surface area contributed by atoms with Crippen LogP contribution in [0.1, 0.15) is 26.9 Å². The minimum Gasteiger partial charge on any atom is -0.495 e. The number of thioether (sulfide) groups is 1. The molecule has 4 rings (SSSR count). The highest BCUT2D eigenvalue weighted by Gasteiger charge is 2.37. The number of hydrogen-bond acceptors (Lipinski definition) is 4. The quantitative estimate of drug-likeness (QED) is 0.599. The Balaban J connectivity index is 1.69. The maximum atomic E-state index is 13.2. The summed E-state index contributed by atoms with van der Waals surface area (Å²) < 4.78 is 18.7. The van der Waals surface area contributed by atoms with E-state index in [9.17, 15) is 14.0 Å².